The molecule has 1 aromatic carbocycles. The molecule has 3 atom stereocenters. The Morgan fingerprint density at radius 3 is 2.92 bits per heavy atom. The number of fused-ring (bicyclic) bond motifs is 2. The lowest BCUT2D eigenvalue weighted by Crippen LogP contribution is -2.25. The van der Waals surface area contributed by atoms with Crippen LogP contribution in [-0.4, -0.2) is 30.1 Å². The Labute approximate surface area is 144 Å². The molecule has 0 aliphatic heterocycles. The first-order chi connectivity index (χ1) is 12.1. The number of esters is 1. The second-order valence-electron chi connectivity index (χ2n) is 6.69. The second kappa shape index (κ2) is 6.24. The van der Waals surface area contributed by atoms with Crippen molar-refractivity contribution in [2.24, 2.45) is 17.8 Å². The van der Waals surface area contributed by atoms with Crippen molar-refractivity contribution in [2.75, 3.05) is 13.2 Å². The van der Waals surface area contributed by atoms with Gasteiger partial charge in [0.1, 0.15) is 19.0 Å². The second-order valence-corrected chi connectivity index (χ2v) is 6.69. The van der Waals surface area contributed by atoms with Gasteiger partial charge in [0.25, 0.3) is 5.92 Å². The Bertz CT molecular complexity index is 790. The number of benzene rings is 1. The summed E-state index contributed by atoms with van der Waals surface area (Å²) in [6.45, 7) is 0.228. The summed E-state index contributed by atoms with van der Waals surface area (Å²) < 4.78 is 38.1. The minimum Gasteiger partial charge on any atom is -0.489 e. The first-order valence-corrected chi connectivity index (χ1v) is 8.60. The van der Waals surface area contributed by atoms with Crippen LogP contribution in [0.5, 0.6) is 5.75 Å². The largest absolute Gasteiger partial charge is 0.489 e. The highest BCUT2D eigenvalue weighted by Gasteiger charge is 2.72. The van der Waals surface area contributed by atoms with E-state index in [9.17, 15) is 13.6 Å². The molecule has 0 spiro atoms. The van der Waals surface area contributed by atoms with Crippen LogP contribution in [0.15, 0.2) is 36.5 Å². The van der Waals surface area contributed by atoms with E-state index in [4.69, 9.17) is 9.47 Å². The Hall–Kier alpha value is -2.24. The molecule has 2 aromatic rings. The molecule has 2 fully saturated rings. The number of carbonyl (C=O) groups is 1. The van der Waals surface area contributed by atoms with Crippen LogP contribution in [0.1, 0.15) is 19.3 Å². The Kier molecular flexibility index (Phi) is 4.06. The van der Waals surface area contributed by atoms with Crippen molar-refractivity contribution in [1.82, 2.24) is 4.98 Å². The fourth-order valence-corrected chi connectivity index (χ4v) is 3.94. The number of aromatic nitrogens is 1. The summed E-state index contributed by atoms with van der Waals surface area (Å²) in [5.74, 6) is -4.66. The quantitative estimate of drug-likeness (QED) is 0.609. The van der Waals surface area contributed by atoms with Crippen LogP contribution in [0.4, 0.5) is 8.78 Å². The summed E-state index contributed by atoms with van der Waals surface area (Å²) in [7, 11) is 0. The first-order valence-electron chi connectivity index (χ1n) is 8.60. The van der Waals surface area contributed by atoms with E-state index in [0.717, 1.165) is 10.9 Å². The molecular formula is C19H19F2NO3. The van der Waals surface area contributed by atoms with E-state index in [0.29, 0.717) is 25.0 Å². The Morgan fingerprint density at radius 2 is 2.04 bits per heavy atom. The fourth-order valence-electron chi connectivity index (χ4n) is 3.94. The van der Waals surface area contributed by atoms with Crippen LogP contribution in [0.25, 0.3) is 10.9 Å². The number of hydrogen-bond acceptors (Lipinski definition) is 4. The molecule has 0 bridgehead atoms. The van der Waals surface area contributed by atoms with Gasteiger partial charge in [-0.1, -0.05) is 18.6 Å². The van der Waals surface area contributed by atoms with Gasteiger partial charge >= 0.3 is 5.97 Å². The molecule has 0 saturated heterocycles. The number of nitrogens with zero attached hydrogens (tertiary/aromatic N) is 1. The standard InChI is InChI=1S/C19H19F2NO3/c20-19(21)14-6-3-5-13(17(14)19)18(23)25-11-10-24-16-8-9-22-15-7-2-1-4-12(15)16/h1-2,4,7-9,13-14,17H,3,5-6,10-11H2. The number of para-hydroxylation sites is 1. The lowest BCUT2D eigenvalue weighted by Gasteiger charge is -2.18. The molecular weight excluding hydrogens is 328 g/mol. The highest BCUT2D eigenvalue weighted by Crippen LogP contribution is 2.64. The zero-order valence-corrected chi connectivity index (χ0v) is 13.7. The van der Waals surface area contributed by atoms with Crippen molar-refractivity contribution in [2.45, 2.75) is 25.2 Å². The van der Waals surface area contributed by atoms with Gasteiger partial charge in [0.05, 0.1) is 11.4 Å². The number of carbonyl (C=O) groups excluding carboxylic acids is 1. The average molecular weight is 347 g/mol. The van der Waals surface area contributed by atoms with Gasteiger partial charge in [-0.15, -0.1) is 0 Å². The molecule has 0 N–H and O–H groups in total. The van der Waals surface area contributed by atoms with Crippen molar-refractivity contribution in [3.63, 3.8) is 0 Å². The molecule has 4 rings (SSSR count). The van der Waals surface area contributed by atoms with E-state index in [2.05, 4.69) is 4.98 Å². The Balaban J connectivity index is 1.30. The number of halogens is 2. The van der Waals surface area contributed by atoms with E-state index in [1.165, 1.54) is 0 Å². The highest BCUT2D eigenvalue weighted by atomic mass is 19.3. The van der Waals surface area contributed by atoms with E-state index in [-0.39, 0.29) is 13.2 Å². The molecule has 6 heteroatoms. The van der Waals surface area contributed by atoms with Gasteiger partial charge in [0.2, 0.25) is 0 Å². The lowest BCUT2D eigenvalue weighted by atomic mass is 9.89. The van der Waals surface area contributed by atoms with E-state index in [1.54, 1.807) is 12.3 Å². The van der Waals surface area contributed by atoms with Gasteiger partial charge in [0.15, 0.2) is 0 Å². The summed E-state index contributed by atoms with van der Waals surface area (Å²) in [4.78, 5) is 16.4. The number of hydrogen-bond donors (Lipinski definition) is 0. The third-order valence-corrected chi connectivity index (χ3v) is 5.22. The van der Waals surface area contributed by atoms with Crippen LogP contribution >= 0.6 is 0 Å². The van der Waals surface area contributed by atoms with Crippen molar-refractivity contribution in [3.8, 4) is 5.75 Å². The van der Waals surface area contributed by atoms with Crippen LogP contribution in [0.2, 0.25) is 0 Å². The molecule has 132 valence electrons. The average Bonchev–Trinajstić information content (AvgIpc) is 3.20. The minimum atomic E-state index is -2.69. The van der Waals surface area contributed by atoms with Gasteiger partial charge in [0, 0.05) is 23.4 Å². The third-order valence-electron chi connectivity index (χ3n) is 5.22. The fraction of sp³-hybridized carbons (Fsp3) is 0.474. The number of ether oxygens (including phenoxy) is 2. The van der Waals surface area contributed by atoms with Gasteiger partial charge in [-0.05, 0) is 31.0 Å². The third kappa shape index (κ3) is 2.94. The van der Waals surface area contributed by atoms with E-state index >= 15 is 0 Å². The zero-order valence-electron chi connectivity index (χ0n) is 13.7. The molecule has 4 nitrogen and oxygen atoms in total. The number of pyridine rings is 1. The lowest BCUT2D eigenvalue weighted by molar-refractivity contribution is -0.151. The number of rotatable bonds is 5. The normalized spacial score (nSPS) is 26.7. The highest BCUT2D eigenvalue weighted by molar-refractivity contribution is 5.84. The summed E-state index contributed by atoms with van der Waals surface area (Å²) in [6, 6.07) is 9.33. The summed E-state index contributed by atoms with van der Waals surface area (Å²) >= 11 is 0. The Morgan fingerprint density at radius 1 is 1.20 bits per heavy atom. The zero-order chi connectivity index (χ0) is 17.4. The van der Waals surface area contributed by atoms with E-state index in [1.807, 2.05) is 24.3 Å². The first kappa shape index (κ1) is 16.2. The van der Waals surface area contributed by atoms with Crippen molar-refractivity contribution in [3.05, 3.63) is 36.5 Å². The topological polar surface area (TPSA) is 48.4 Å². The molecule has 2 aliphatic carbocycles. The predicted octanol–water partition coefficient (Wildman–Crippen LogP) is 3.84. The number of alkyl halides is 2. The molecule has 2 aliphatic rings. The van der Waals surface area contributed by atoms with Gasteiger partial charge < -0.3 is 9.47 Å². The van der Waals surface area contributed by atoms with Crippen LogP contribution in [-0.2, 0) is 9.53 Å². The van der Waals surface area contributed by atoms with Crippen LogP contribution < -0.4 is 4.74 Å². The molecule has 1 aromatic heterocycles. The smallest absolute Gasteiger partial charge is 0.309 e. The maximum atomic E-state index is 13.6. The molecule has 0 radical (unpaired) electrons. The van der Waals surface area contributed by atoms with Gasteiger partial charge in [-0.2, -0.15) is 0 Å². The summed E-state index contributed by atoms with van der Waals surface area (Å²) in [5.41, 5.74) is 0.821. The summed E-state index contributed by atoms with van der Waals surface area (Å²) in [5, 5.41) is 0.879. The van der Waals surface area contributed by atoms with Crippen molar-refractivity contribution < 1.29 is 23.0 Å². The molecule has 0 amide bonds. The van der Waals surface area contributed by atoms with Gasteiger partial charge in [-0.25, -0.2) is 8.78 Å². The van der Waals surface area contributed by atoms with Crippen molar-refractivity contribution in [1.29, 1.82) is 0 Å². The monoisotopic (exact) mass is 347 g/mol. The van der Waals surface area contributed by atoms with Crippen LogP contribution in [0.3, 0.4) is 0 Å². The molecule has 1 heterocycles. The summed E-state index contributed by atoms with van der Waals surface area (Å²) in [6.07, 6.45) is 3.32. The van der Waals surface area contributed by atoms with Crippen LogP contribution in [0, 0.1) is 17.8 Å². The van der Waals surface area contributed by atoms with E-state index < -0.39 is 29.6 Å². The SMILES string of the molecule is O=C(OCCOc1ccnc2ccccc12)C1CCCC2C1C2(F)F. The maximum absolute atomic E-state index is 13.6. The molecule has 3 unspecified atom stereocenters. The van der Waals surface area contributed by atoms with Crippen molar-refractivity contribution >= 4 is 16.9 Å². The predicted molar refractivity (Wildman–Crippen MR) is 87.5 cm³/mol. The molecule has 2 saturated carbocycles. The van der Waals surface area contributed by atoms with Gasteiger partial charge in [-0.3, -0.25) is 9.78 Å². The maximum Gasteiger partial charge on any atom is 0.309 e. The minimum absolute atomic E-state index is 0.0505. The molecule has 25 heavy (non-hydrogen) atoms.